The Morgan fingerprint density at radius 3 is 2.77 bits per heavy atom. The molecule has 1 N–H and O–H groups in total. The van der Waals surface area contributed by atoms with Crippen LogP contribution in [0.2, 0.25) is 5.02 Å². The van der Waals surface area contributed by atoms with Gasteiger partial charge in [-0.15, -0.1) is 0 Å². The fraction of sp³-hybridized carbons (Fsp3) is 0.350. The molecular weight excluding hydrogens is 408 g/mol. The molecule has 1 aromatic carbocycles. The third-order valence-corrected chi connectivity index (χ3v) is 5.17. The molecule has 30 heavy (non-hydrogen) atoms. The van der Waals surface area contributed by atoms with Gasteiger partial charge in [-0.3, -0.25) is 4.90 Å². The molecule has 1 amide bonds. The Hall–Kier alpha value is -3.20. The Morgan fingerprint density at radius 2 is 2.00 bits per heavy atom. The zero-order chi connectivity index (χ0) is 21.3. The first-order chi connectivity index (χ1) is 14.4. The van der Waals surface area contributed by atoms with E-state index in [-0.39, 0.29) is 18.0 Å². The minimum absolute atomic E-state index is 0.0770. The maximum atomic E-state index is 12.2. The Balaban J connectivity index is 1.52. The average Bonchev–Trinajstić information content (AvgIpc) is 3.36. The lowest BCUT2D eigenvalue weighted by atomic mass is 10.0. The van der Waals surface area contributed by atoms with Crippen LogP contribution >= 0.6 is 11.6 Å². The molecule has 1 aliphatic rings. The molecule has 0 bridgehead atoms. The van der Waals surface area contributed by atoms with E-state index in [1.54, 1.807) is 23.2 Å². The topological polar surface area (TPSA) is 106 Å². The van der Waals surface area contributed by atoms with Gasteiger partial charge in [0.1, 0.15) is 18.5 Å². The highest BCUT2D eigenvalue weighted by molar-refractivity contribution is 6.33. The number of carbonyl (C=O) groups is 1. The van der Waals surface area contributed by atoms with Gasteiger partial charge in [0.15, 0.2) is 0 Å². The number of hydrogen-bond acceptors (Lipinski definition) is 8. The van der Waals surface area contributed by atoms with Gasteiger partial charge in [-0.2, -0.15) is 9.97 Å². The summed E-state index contributed by atoms with van der Waals surface area (Å²) in [6.07, 6.45) is 1.18. The number of ether oxygens (including phenoxy) is 1. The molecule has 3 aromatic rings. The van der Waals surface area contributed by atoms with Crippen molar-refractivity contribution in [2.45, 2.75) is 32.9 Å². The van der Waals surface area contributed by atoms with Gasteiger partial charge in [0, 0.05) is 11.8 Å². The molecule has 4 rings (SSSR count). The second-order valence-electron chi connectivity index (χ2n) is 7.30. The number of nitrogens with one attached hydrogen (secondary N) is 1. The molecule has 2 atom stereocenters. The molecular formula is C20H21ClN6O3. The molecule has 1 fully saturated rings. The molecule has 1 aliphatic heterocycles. The van der Waals surface area contributed by atoms with E-state index in [1.165, 1.54) is 0 Å². The van der Waals surface area contributed by atoms with Crippen molar-refractivity contribution >= 4 is 29.5 Å². The summed E-state index contributed by atoms with van der Waals surface area (Å²) >= 11 is 6.20. The van der Waals surface area contributed by atoms with Crippen LogP contribution in [-0.2, 0) is 4.74 Å². The SMILES string of the molecule is CC(C)[C@H]1COC(=O)N1c1ccnc(N[C@@H](C)c2nc(-c3ccccc3Cl)no2)n1. The first-order valence-electron chi connectivity index (χ1n) is 9.58. The monoisotopic (exact) mass is 428 g/mol. The molecule has 10 heteroatoms. The minimum atomic E-state index is -0.410. The summed E-state index contributed by atoms with van der Waals surface area (Å²) in [5, 5.41) is 7.68. The summed E-state index contributed by atoms with van der Waals surface area (Å²) in [6.45, 7) is 6.26. The van der Waals surface area contributed by atoms with E-state index < -0.39 is 6.09 Å². The first-order valence-corrected chi connectivity index (χ1v) is 9.96. The smallest absolute Gasteiger partial charge is 0.415 e. The molecule has 0 aliphatic carbocycles. The predicted molar refractivity (Wildman–Crippen MR) is 111 cm³/mol. The van der Waals surface area contributed by atoms with Crippen molar-refractivity contribution in [1.29, 1.82) is 0 Å². The van der Waals surface area contributed by atoms with Crippen molar-refractivity contribution in [2.24, 2.45) is 5.92 Å². The van der Waals surface area contributed by atoms with E-state index in [0.29, 0.717) is 40.7 Å². The van der Waals surface area contributed by atoms with Crippen LogP contribution in [0.3, 0.4) is 0 Å². The van der Waals surface area contributed by atoms with Gasteiger partial charge < -0.3 is 14.6 Å². The third-order valence-electron chi connectivity index (χ3n) is 4.84. The van der Waals surface area contributed by atoms with Crippen LogP contribution in [0.4, 0.5) is 16.6 Å². The number of nitrogens with zero attached hydrogens (tertiary/aromatic N) is 5. The van der Waals surface area contributed by atoms with E-state index in [4.69, 9.17) is 20.9 Å². The van der Waals surface area contributed by atoms with Gasteiger partial charge in [0.05, 0.1) is 11.1 Å². The second-order valence-corrected chi connectivity index (χ2v) is 7.71. The number of amides is 1. The molecule has 0 radical (unpaired) electrons. The lowest BCUT2D eigenvalue weighted by molar-refractivity contribution is 0.177. The van der Waals surface area contributed by atoms with E-state index >= 15 is 0 Å². The Morgan fingerprint density at radius 1 is 1.20 bits per heavy atom. The Labute approximate surface area is 178 Å². The van der Waals surface area contributed by atoms with Crippen molar-refractivity contribution < 1.29 is 14.1 Å². The van der Waals surface area contributed by atoms with Gasteiger partial charge >= 0.3 is 6.09 Å². The lowest BCUT2D eigenvalue weighted by Gasteiger charge is -2.23. The average molecular weight is 429 g/mol. The summed E-state index contributed by atoms with van der Waals surface area (Å²) < 4.78 is 10.6. The molecule has 156 valence electrons. The predicted octanol–water partition coefficient (Wildman–Crippen LogP) is 4.33. The number of benzene rings is 1. The summed E-state index contributed by atoms with van der Waals surface area (Å²) in [4.78, 5) is 26.9. The molecule has 9 nitrogen and oxygen atoms in total. The zero-order valence-electron chi connectivity index (χ0n) is 16.7. The number of cyclic esters (lactones) is 1. The number of hydrogen-bond donors (Lipinski definition) is 1. The van der Waals surface area contributed by atoms with E-state index in [0.717, 1.165) is 0 Å². The summed E-state index contributed by atoms with van der Waals surface area (Å²) in [6, 6.07) is 8.51. The van der Waals surface area contributed by atoms with Crippen LogP contribution in [0.25, 0.3) is 11.4 Å². The fourth-order valence-electron chi connectivity index (χ4n) is 3.16. The third kappa shape index (κ3) is 3.93. The number of rotatable bonds is 6. The van der Waals surface area contributed by atoms with Crippen LogP contribution in [-0.4, -0.2) is 38.9 Å². The van der Waals surface area contributed by atoms with Gasteiger partial charge in [0.2, 0.25) is 17.7 Å². The standard InChI is InChI=1S/C20H21ClN6O3/c1-11(2)15-10-29-20(28)27(15)16-8-9-22-19(24-16)23-12(3)18-25-17(26-30-18)13-6-4-5-7-14(13)21/h4-9,11-12,15H,10H2,1-3H3,(H,22,23,24)/t12-,15+/m0/s1. The molecule has 0 saturated carbocycles. The number of aromatic nitrogens is 4. The molecule has 3 heterocycles. The second kappa shape index (κ2) is 8.27. The highest BCUT2D eigenvalue weighted by Gasteiger charge is 2.37. The van der Waals surface area contributed by atoms with Gasteiger partial charge in [-0.05, 0) is 31.0 Å². The number of halogens is 1. The van der Waals surface area contributed by atoms with Crippen LogP contribution in [0.15, 0.2) is 41.1 Å². The van der Waals surface area contributed by atoms with Crippen molar-refractivity contribution in [3.05, 3.63) is 47.4 Å². The largest absolute Gasteiger partial charge is 0.447 e. The summed E-state index contributed by atoms with van der Waals surface area (Å²) in [5.74, 6) is 1.80. The summed E-state index contributed by atoms with van der Waals surface area (Å²) in [5.41, 5.74) is 0.687. The van der Waals surface area contributed by atoms with Crippen molar-refractivity contribution in [1.82, 2.24) is 20.1 Å². The van der Waals surface area contributed by atoms with E-state index in [1.807, 2.05) is 39.0 Å². The van der Waals surface area contributed by atoms with Gasteiger partial charge in [-0.25, -0.2) is 9.78 Å². The molecule has 2 aromatic heterocycles. The maximum absolute atomic E-state index is 12.2. The van der Waals surface area contributed by atoms with Crippen molar-refractivity contribution in [3.8, 4) is 11.4 Å². The van der Waals surface area contributed by atoms with Crippen LogP contribution in [0.1, 0.15) is 32.7 Å². The highest BCUT2D eigenvalue weighted by atomic mass is 35.5. The van der Waals surface area contributed by atoms with Crippen LogP contribution < -0.4 is 10.2 Å². The molecule has 1 saturated heterocycles. The number of anilines is 2. The first kappa shape index (κ1) is 20.1. The lowest BCUT2D eigenvalue weighted by Crippen LogP contribution is -2.37. The van der Waals surface area contributed by atoms with Crippen LogP contribution in [0.5, 0.6) is 0 Å². The minimum Gasteiger partial charge on any atom is -0.447 e. The molecule has 0 spiro atoms. The van der Waals surface area contributed by atoms with Gasteiger partial charge in [0.25, 0.3) is 0 Å². The van der Waals surface area contributed by atoms with Crippen molar-refractivity contribution in [2.75, 3.05) is 16.8 Å². The zero-order valence-corrected chi connectivity index (χ0v) is 17.5. The summed E-state index contributed by atoms with van der Waals surface area (Å²) in [7, 11) is 0. The van der Waals surface area contributed by atoms with E-state index in [9.17, 15) is 4.79 Å². The fourth-order valence-corrected chi connectivity index (χ4v) is 3.38. The maximum Gasteiger partial charge on any atom is 0.415 e. The molecule has 0 unspecified atom stereocenters. The van der Waals surface area contributed by atoms with E-state index in [2.05, 4.69) is 25.4 Å². The Bertz CT molecular complexity index is 1060. The number of carbonyl (C=O) groups excluding carboxylic acids is 1. The normalized spacial score (nSPS) is 17.3. The highest BCUT2D eigenvalue weighted by Crippen LogP contribution is 2.28. The quantitative estimate of drug-likeness (QED) is 0.618. The van der Waals surface area contributed by atoms with Crippen molar-refractivity contribution in [3.63, 3.8) is 0 Å². The van der Waals surface area contributed by atoms with Gasteiger partial charge in [-0.1, -0.05) is 42.7 Å². The Kier molecular flexibility index (Phi) is 5.54. The van der Waals surface area contributed by atoms with Crippen LogP contribution in [0, 0.1) is 5.92 Å².